The minimum atomic E-state index is -0.569. The first-order valence-corrected chi connectivity index (χ1v) is 9.17. The van der Waals surface area contributed by atoms with Crippen molar-refractivity contribution in [2.24, 2.45) is 5.73 Å². The molecule has 0 aliphatic heterocycles. The normalized spacial score (nSPS) is 10.9. The van der Waals surface area contributed by atoms with Gasteiger partial charge in [0.05, 0.1) is 7.11 Å². The van der Waals surface area contributed by atoms with Gasteiger partial charge in [0.25, 0.3) is 5.91 Å². The maximum atomic E-state index is 12.1. The van der Waals surface area contributed by atoms with E-state index in [1.165, 1.54) is 24.1 Å². The highest BCUT2D eigenvalue weighted by atomic mass is 16.5. The van der Waals surface area contributed by atoms with Gasteiger partial charge in [-0.1, -0.05) is 24.3 Å². The van der Waals surface area contributed by atoms with Crippen molar-refractivity contribution in [3.05, 3.63) is 65.9 Å². The van der Waals surface area contributed by atoms with Crippen LogP contribution in [-0.4, -0.2) is 37.1 Å². The van der Waals surface area contributed by atoms with E-state index in [9.17, 15) is 9.59 Å². The molecule has 7 heteroatoms. The fourth-order valence-electron chi connectivity index (χ4n) is 2.95. The van der Waals surface area contributed by atoms with Gasteiger partial charge in [-0.25, -0.2) is 0 Å². The number of carbonyl (C=O) groups is 2. The van der Waals surface area contributed by atoms with E-state index in [4.69, 9.17) is 15.2 Å². The molecule has 4 N–H and O–H groups in total. The number of amides is 2. The molecule has 0 aliphatic rings. The van der Waals surface area contributed by atoms with Gasteiger partial charge >= 0.3 is 0 Å². The third-order valence-corrected chi connectivity index (χ3v) is 4.35. The van der Waals surface area contributed by atoms with Gasteiger partial charge in [-0.3, -0.25) is 9.59 Å². The van der Waals surface area contributed by atoms with Crippen molar-refractivity contribution in [3.8, 4) is 11.5 Å². The standard InChI is InChI=1S/C22H23N3O4/c1-28-20-12-15(6-8-19(20)29-14-21(23)26)7-9-22(27)24-11-10-16-13-25-18-5-3-2-4-17(16)18/h2-9,12-13,25H,10-11,14H2,1H3,(H2,23,26)(H,24,27)/b9-7+. The Balaban J connectivity index is 1.54. The number of hydrogen-bond acceptors (Lipinski definition) is 4. The predicted octanol–water partition coefficient (Wildman–Crippen LogP) is 2.41. The summed E-state index contributed by atoms with van der Waals surface area (Å²) in [6, 6.07) is 13.2. The summed E-state index contributed by atoms with van der Waals surface area (Å²) in [5.74, 6) is 0.109. The molecule has 0 fully saturated rings. The number of nitrogens with one attached hydrogen (secondary N) is 2. The van der Waals surface area contributed by atoms with Crippen LogP contribution in [0.25, 0.3) is 17.0 Å². The zero-order valence-electron chi connectivity index (χ0n) is 16.1. The number of primary amides is 1. The number of rotatable bonds is 9. The van der Waals surface area contributed by atoms with Gasteiger partial charge in [-0.2, -0.15) is 0 Å². The van der Waals surface area contributed by atoms with Gasteiger partial charge < -0.3 is 25.5 Å². The first-order chi connectivity index (χ1) is 14.1. The van der Waals surface area contributed by atoms with E-state index in [0.29, 0.717) is 18.0 Å². The van der Waals surface area contributed by atoms with Crippen LogP contribution in [-0.2, 0) is 16.0 Å². The van der Waals surface area contributed by atoms with Crippen LogP contribution >= 0.6 is 0 Å². The quantitative estimate of drug-likeness (QED) is 0.485. The van der Waals surface area contributed by atoms with E-state index in [0.717, 1.165) is 17.5 Å². The average molecular weight is 393 g/mol. The fourth-order valence-corrected chi connectivity index (χ4v) is 2.95. The smallest absolute Gasteiger partial charge is 0.255 e. The van der Waals surface area contributed by atoms with Crippen LogP contribution in [0.2, 0.25) is 0 Å². The molecule has 0 bridgehead atoms. The van der Waals surface area contributed by atoms with Crippen molar-refractivity contribution in [2.75, 3.05) is 20.3 Å². The van der Waals surface area contributed by atoms with Crippen LogP contribution in [0.1, 0.15) is 11.1 Å². The molecule has 0 saturated heterocycles. The molecule has 29 heavy (non-hydrogen) atoms. The number of ether oxygens (including phenoxy) is 2. The van der Waals surface area contributed by atoms with E-state index < -0.39 is 5.91 Å². The topological polar surface area (TPSA) is 106 Å². The molecule has 0 aliphatic carbocycles. The Morgan fingerprint density at radius 2 is 2.00 bits per heavy atom. The molecule has 3 rings (SSSR count). The summed E-state index contributed by atoms with van der Waals surface area (Å²) in [5.41, 5.74) is 8.10. The number of fused-ring (bicyclic) bond motifs is 1. The summed E-state index contributed by atoms with van der Waals surface area (Å²) in [5, 5.41) is 4.05. The number of carbonyl (C=O) groups excluding carboxylic acids is 2. The van der Waals surface area contributed by atoms with E-state index in [1.54, 1.807) is 24.3 Å². The van der Waals surface area contributed by atoms with Crippen molar-refractivity contribution in [1.29, 1.82) is 0 Å². The lowest BCUT2D eigenvalue weighted by Crippen LogP contribution is -2.23. The lowest BCUT2D eigenvalue weighted by Gasteiger charge is -2.10. The molecular formula is C22H23N3O4. The zero-order chi connectivity index (χ0) is 20.6. The molecule has 0 spiro atoms. The highest BCUT2D eigenvalue weighted by Gasteiger charge is 2.07. The predicted molar refractivity (Wildman–Crippen MR) is 112 cm³/mol. The summed E-state index contributed by atoms with van der Waals surface area (Å²) in [6.07, 6.45) is 5.86. The second kappa shape index (κ2) is 9.45. The summed E-state index contributed by atoms with van der Waals surface area (Å²) < 4.78 is 10.5. The average Bonchev–Trinajstić information content (AvgIpc) is 3.14. The first kappa shape index (κ1) is 20.0. The third-order valence-electron chi connectivity index (χ3n) is 4.35. The number of hydrogen-bond donors (Lipinski definition) is 3. The van der Waals surface area contributed by atoms with Crippen LogP contribution in [0, 0.1) is 0 Å². The van der Waals surface area contributed by atoms with Crippen molar-refractivity contribution in [2.45, 2.75) is 6.42 Å². The molecule has 1 aromatic heterocycles. The summed E-state index contributed by atoms with van der Waals surface area (Å²) >= 11 is 0. The number of para-hydroxylation sites is 1. The number of nitrogens with two attached hydrogens (primary N) is 1. The Morgan fingerprint density at radius 3 is 2.79 bits per heavy atom. The van der Waals surface area contributed by atoms with Crippen molar-refractivity contribution < 1.29 is 19.1 Å². The number of methoxy groups -OCH3 is 1. The minimum Gasteiger partial charge on any atom is -0.493 e. The van der Waals surface area contributed by atoms with E-state index >= 15 is 0 Å². The maximum absolute atomic E-state index is 12.1. The second-order valence-corrected chi connectivity index (χ2v) is 6.40. The van der Waals surface area contributed by atoms with Gasteiger partial charge in [0.15, 0.2) is 18.1 Å². The number of aromatic nitrogens is 1. The van der Waals surface area contributed by atoms with Crippen molar-refractivity contribution >= 4 is 28.8 Å². The molecule has 0 radical (unpaired) electrons. The number of aromatic amines is 1. The molecule has 0 atom stereocenters. The Hall–Kier alpha value is -3.74. The monoisotopic (exact) mass is 393 g/mol. The lowest BCUT2D eigenvalue weighted by molar-refractivity contribution is -0.120. The fraction of sp³-hybridized carbons (Fsp3) is 0.182. The lowest BCUT2D eigenvalue weighted by atomic mass is 10.1. The Morgan fingerprint density at radius 1 is 1.17 bits per heavy atom. The molecular weight excluding hydrogens is 370 g/mol. The van der Waals surface area contributed by atoms with Gasteiger partial charge in [-0.05, 0) is 41.8 Å². The highest BCUT2D eigenvalue weighted by molar-refractivity contribution is 5.92. The van der Waals surface area contributed by atoms with E-state index in [2.05, 4.69) is 16.4 Å². The molecule has 1 heterocycles. The SMILES string of the molecule is COc1cc(/C=C/C(=O)NCCc2c[nH]c3ccccc23)ccc1OCC(N)=O. The molecule has 3 aromatic rings. The summed E-state index contributed by atoms with van der Waals surface area (Å²) in [6.45, 7) is 0.304. The van der Waals surface area contributed by atoms with Gasteiger partial charge in [0, 0.05) is 29.7 Å². The first-order valence-electron chi connectivity index (χ1n) is 9.17. The molecule has 0 saturated carbocycles. The van der Waals surface area contributed by atoms with Crippen LogP contribution in [0.5, 0.6) is 11.5 Å². The number of H-pyrrole nitrogens is 1. The Labute approximate surface area is 168 Å². The van der Waals surface area contributed by atoms with Crippen LogP contribution in [0.15, 0.2) is 54.7 Å². The van der Waals surface area contributed by atoms with Gasteiger partial charge in [-0.15, -0.1) is 0 Å². The second-order valence-electron chi connectivity index (χ2n) is 6.40. The molecule has 0 unspecified atom stereocenters. The van der Waals surface area contributed by atoms with E-state index in [-0.39, 0.29) is 12.5 Å². The summed E-state index contributed by atoms with van der Waals surface area (Å²) in [7, 11) is 1.50. The Bertz CT molecular complexity index is 1040. The third kappa shape index (κ3) is 5.38. The highest BCUT2D eigenvalue weighted by Crippen LogP contribution is 2.28. The maximum Gasteiger partial charge on any atom is 0.255 e. The molecule has 2 amide bonds. The van der Waals surface area contributed by atoms with Crippen LogP contribution < -0.4 is 20.5 Å². The number of benzene rings is 2. The van der Waals surface area contributed by atoms with Crippen molar-refractivity contribution in [3.63, 3.8) is 0 Å². The molecule has 150 valence electrons. The molecule has 7 nitrogen and oxygen atoms in total. The largest absolute Gasteiger partial charge is 0.493 e. The summed E-state index contributed by atoms with van der Waals surface area (Å²) in [4.78, 5) is 26.2. The van der Waals surface area contributed by atoms with Crippen LogP contribution in [0.4, 0.5) is 0 Å². The zero-order valence-corrected chi connectivity index (χ0v) is 16.1. The van der Waals surface area contributed by atoms with Gasteiger partial charge in [0.2, 0.25) is 5.91 Å². The van der Waals surface area contributed by atoms with Crippen LogP contribution in [0.3, 0.4) is 0 Å². The van der Waals surface area contributed by atoms with Crippen molar-refractivity contribution in [1.82, 2.24) is 10.3 Å². The molecule has 2 aromatic carbocycles. The van der Waals surface area contributed by atoms with E-state index in [1.807, 2.05) is 24.4 Å². The van der Waals surface area contributed by atoms with Gasteiger partial charge in [0.1, 0.15) is 0 Å². The minimum absolute atomic E-state index is 0.183. The Kier molecular flexibility index (Phi) is 6.52.